The van der Waals surface area contributed by atoms with Crippen molar-refractivity contribution in [2.45, 2.75) is 4.90 Å². The van der Waals surface area contributed by atoms with E-state index in [0.29, 0.717) is 0 Å². The summed E-state index contributed by atoms with van der Waals surface area (Å²) in [6.45, 7) is 0. The van der Waals surface area contributed by atoms with Crippen LogP contribution in [0.25, 0.3) is 0 Å². The van der Waals surface area contributed by atoms with Gasteiger partial charge in [0, 0.05) is 0 Å². The van der Waals surface area contributed by atoms with E-state index in [0.717, 1.165) is 0 Å². The average Bonchev–Trinajstić information content (AvgIpc) is 2.39. The zero-order valence-electron chi connectivity index (χ0n) is 10.1. The molecule has 0 atom stereocenters. The molecule has 7 heteroatoms. The summed E-state index contributed by atoms with van der Waals surface area (Å²) in [5.74, 6) is -1.17. The molecule has 0 fully saturated rings. The highest BCUT2D eigenvalue weighted by Gasteiger charge is 2.15. The number of benzene rings is 2. The highest BCUT2D eigenvalue weighted by atomic mass is 35.5. The summed E-state index contributed by atoms with van der Waals surface area (Å²) in [5.41, 5.74) is 0.109. The second-order valence-electron chi connectivity index (χ2n) is 3.92. The fraction of sp³-hybridized carbons (Fsp3) is 0. The average molecular weight is 312 g/mol. The summed E-state index contributed by atoms with van der Waals surface area (Å²) in [4.78, 5) is 10.9. The van der Waals surface area contributed by atoms with Crippen LogP contribution in [-0.2, 0) is 10.0 Å². The van der Waals surface area contributed by atoms with Gasteiger partial charge in [-0.2, -0.15) is 0 Å². The molecule has 2 rings (SSSR count). The van der Waals surface area contributed by atoms with Crippen molar-refractivity contribution >= 4 is 33.3 Å². The number of hydrogen-bond acceptors (Lipinski definition) is 3. The molecule has 0 aliphatic carbocycles. The van der Waals surface area contributed by atoms with Crippen molar-refractivity contribution in [3.05, 3.63) is 59.1 Å². The van der Waals surface area contributed by atoms with Crippen LogP contribution in [0.5, 0.6) is 0 Å². The standard InChI is InChI=1S/C13H10ClNO4S/c14-12-8-9(6-7-11(12)13(16)17)15-20(18,19)10-4-2-1-3-5-10/h1-8,15H,(H,16,17). The molecule has 0 aliphatic heterocycles. The first kappa shape index (κ1) is 14.4. The third-order valence-electron chi connectivity index (χ3n) is 2.51. The molecule has 0 saturated heterocycles. The van der Waals surface area contributed by atoms with E-state index in [9.17, 15) is 13.2 Å². The van der Waals surface area contributed by atoms with Gasteiger partial charge in [-0.1, -0.05) is 29.8 Å². The first-order valence-electron chi connectivity index (χ1n) is 5.51. The maximum atomic E-state index is 12.1. The Kier molecular flexibility index (Phi) is 3.96. The largest absolute Gasteiger partial charge is 0.478 e. The van der Waals surface area contributed by atoms with E-state index < -0.39 is 16.0 Å². The molecular formula is C13H10ClNO4S. The lowest BCUT2D eigenvalue weighted by atomic mass is 10.2. The smallest absolute Gasteiger partial charge is 0.337 e. The summed E-state index contributed by atoms with van der Waals surface area (Å²) in [7, 11) is -3.72. The molecule has 0 unspecified atom stereocenters. The van der Waals surface area contributed by atoms with Crippen molar-refractivity contribution in [3.63, 3.8) is 0 Å². The van der Waals surface area contributed by atoms with Crippen LogP contribution >= 0.6 is 11.6 Å². The summed E-state index contributed by atoms with van der Waals surface area (Å²) in [6, 6.07) is 11.7. The molecule has 0 amide bonds. The molecule has 0 aromatic heterocycles. The molecule has 0 aliphatic rings. The van der Waals surface area contributed by atoms with Gasteiger partial charge in [-0.15, -0.1) is 0 Å². The highest BCUT2D eigenvalue weighted by Crippen LogP contribution is 2.23. The van der Waals surface area contributed by atoms with E-state index >= 15 is 0 Å². The van der Waals surface area contributed by atoms with Crippen molar-refractivity contribution in [1.29, 1.82) is 0 Å². The number of carbonyl (C=O) groups is 1. The molecule has 2 aromatic rings. The molecule has 2 aromatic carbocycles. The number of rotatable bonds is 4. The van der Waals surface area contributed by atoms with Crippen molar-refractivity contribution in [2.75, 3.05) is 4.72 Å². The Morgan fingerprint density at radius 1 is 1.10 bits per heavy atom. The third kappa shape index (κ3) is 3.09. The van der Waals surface area contributed by atoms with Crippen molar-refractivity contribution in [1.82, 2.24) is 0 Å². The van der Waals surface area contributed by atoms with Crippen molar-refractivity contribution in [3.8, 4) is 0 Å². The number of aromatic carboxylic acids is 1. The lowest BCUT2D eigenvalue weighted by Gasteiger charge is -2.09. The number of hydrogen-bond donors (Lipinski definition) is 2. The zero-order chi connectivity index (χ0) is 14.8. The summed E-state index contributed by atoms with van der Waals surface area (Å²) in [6.07, 6.45) is 0. The highest BCUT2D eigenvalue weighted by molar-refractivity contribution is 7.92. The van der Waals surface area contributed by atoms with Crippen LogP contribution < -0.4 is 4.72 Å². The van der Waals surface area contributed by atoms with Gasteiger partial charge in [0.15, 0.2) is 0 Å². The van der Waals surface area contributed by atoms with Crippen LogP contribution in [0.2, 0.25) is 5.02 Å². The van der Waals surface area contributed by atoms with E-state index in [1.54, 1.807) is 18.2 Å². The lowest BCUT2D eigenvalue weighted by Crippen LogP contribution is -2.13. The molecule has 5 nitrogen and oxygen atoms in total. The molecule has 0 radical (unpaired) electrons. The van der Waals surface area contributed by atoms with Gasteiger partial charge in [0.1, 0.15) is 0 Å². The van der Waals surface area contributed by atoms with Gasteiger partial charge >= 0.3 is 5.97 Å². The van der Waals surface area contributed by atoms with E-state index in [1.165, 1.54) is 30.3 Å². The van der Waals surface area contributed by atoms with Gasteiger partial charge < -0.3 is 5.11 Å². The Labute approximate surface area is 120 Å². The number of carboxylic acid groups (broad SMARTS) is 1. The third-order valence-corrected chi connectivity index (χ3v) is 4.22. The zero-order valence-corrected chi connectivity index (χ0v) is 11.6. The number of carboxylic acids is 1. The van der Waals surface area contributed by atoms with Crippen LogP contribution in [0.4, 0.5) is 5.69 Å². The van der Waals surface area contributed by atoms with Gasteiger partial charge in [0.2, 0.25) is 0 Å². The van der Waals surface area contributed by atoms with Gasteiger partial charge in [0.25, 0.3) is 10.0 Å². The van der Waals surface area contributed by atoms with Crippen LogP contribution in [0.1, 0.15) is 10.4 Å². The monoisotopic (exact) mass is 311 g/mol. The quantitative estimate of drug-likeness (QED) is 0.909. The lowest BCUT2D eigenvalue weighted by molar-refractivity contribution is 0.0697. The minimum atomic E-state index is -3.72. The SMILES string of the molecule is O=C(O)c1ccc(NS(=O)(=O)c2ccccc2)cc1Cl. The Bertz CT molecular complexity index is 744. The second kappa shape index (κ2) is 5.52. The molecule has 0 heterocycles. The molecule has 0 bridgehead atoms. The minimum absolute atomic E-state index is 0.0363. The van der Waals surface area contributed by atoms with Crippen LogP contribution in [0, 0.1) is 0 Å². The topological polar surface area (TPSA) is 83.5 Å². The van der Waals surface area contributed by atoms with Crippen LogP contribution in [0.3, 0.4) is 0 Å². The van der Waals surface area contributed by atoms with Gasteiger partial charge in [-0.05, 0) is 30.3 Å². The Balaban J connectivity index is 2.31. The molecule has 104 valence electrons. The number of sulfonamides is 1. The van der Waals surface area contributed by atoms with Crippen molar-refractivity contribution < 1.29 is 18.3 Å². The van der Waals surface area contributed by atoms with E-state index in [1.807, 2.05) is 0 Å². The van der Waals surface area contributed by atoms with E-state index in [-0.39, 0.29) is 21.2 Å². The molecule has 2 N–H and O–H groups in total. The first-order chi connectivity index (χ1) is 9.40. The Morgan fingerprint density at radius 3 is 2.30 bits per heavy atom. The normalized spacial score (nSPS) is 11.1. The number of nitrogens with one attached hydrogen (secondary N) is 1. The van der Waals surface area contributed by atoms with Gasteiger partial charge in [-0.25, -0.2) is 13.2 Å². The fourth-order valence-corrected chi connectivity index (χ4v) is 2.90. The Hall–Kier alpha value is -2.05. The minimum Gasteiger partial charge on any atom is -0.478 e. The van der Waals surface area contributed by atoms with E-state index in [4.69, 9.17) is 16.7 Å². The van der Waals surface area contributed by atoms with Crippen molar-refractivity contribution in [2.24, 2.45) is 0 Å². The predicted octanol–water partition coefficient (Wildman–Crippen LogP) is 2.84. The molecule has 20 heavy (non-hydrogen) atoms. The molecule has 0 spiro atoms. The fourth-order valence-electron chi connectivity index (χ4n) is 1.57. The predicted molar refractivity (Wildman–Crippen MR) is 75.7 cm³/mol. The summed E-state index contributed by atoms with van der Waals surface area (Å²) < 4.78 is 26.5. The van der Waals surface area contributed by atoms with E-state index in [2.05, 4.69) is 4.72 Å². The van der Waals surface area contributed by atoms with Crippen LogP contribution in [0.15, 0.2) is 53.4 Å². The molecule has 0 saturated carbocycles. The number of anilines is 1. The maximum absolute atomic E-state index is 12.1. The molecular weight excluding hydrogens is 302 g/mol. The Morgan fingerprint density at radius 2 is 1.75 bits per heavy atom. The number of halogens is 1. The van der Waals surface area contributed by atoms with Gasteiger partial charge in [-0.3, -0.25) is 4.72 Å². The summed E-state index contributed by atoms with van der Waals surface area (Å²) in [5, 5.41) is 8.81. The van der Waals surface area contributed by atoms with Crippen LogP contribution in [-0.4, -0.2) is 19.5 Å². The second-order valence-corrected chi connectivity index (χ2v) is 6.01. The first-order valence-corrected chi connectivity index (χ1v) is 7.37. The maximum Gasteiger partial charge on any atom is 0.337 e. The van der Waals surface area contributed by atoms with Gasteiger partial charge in [0.05, 0.1) is 21.2 Å². The summed E-state index contributed by atoms with van der Waals surface area (Å²) >= 11 is 5.78.